The van der Waals surface area contributed by atoms with Crippen LogP contribution < -0.4 is 5.73 Å². The van der Waals surface area contributed by atoms with Gasteiger partial charge in [0.1, 0.15) is 10.6 Å². The number of phenolic OH excluding ortho intramolecular Hbond substituents is 1. The molecule has 1 radical (unpaired) electrons. The number of rotatable bonds is 4. The summed E-state index contributed by atoms with van der Waals surface area (Å²) in [4.78, 5) is -1.52. The lowest BCUT2D eigenvalue weighted by molar-refractivity contribution is 0.472. The molecule has 3 rings (SSSR count). The third-order valence-electron chi connectivity index (χ3n) is 3.72. The maximum absolute atomic E-state index is 11.8. The van der Waals surface area contributed by atoms with Gasteiger partial charge in [-0.1, -0.05) is 18.2 Å². The van der Waals surface area contributed by atoms with Crippen molar-refractivity contribution < 1.29 is 31.0 Å². The molecule has 0 bridgehead atoms. The molecule has 3 aromatic carbocycles. The molecule has 0 heterocycles. The fourth-order valence-electron chi connectivity index (χ4n) is 2.50. The van der Waals surface area contributed by atoms with Crippen molar-refractivity contribution >= 4 is 48.1 Å². The second-order valence-electron chi connectivity index (χ2n) is 5.63. The summed E-state index contributed by atoms with van der Waals surface area (Å²) in [6.07, 6.45) is 0. The van der Waals surface area contributed by atoms with E-state index in [0.29, 0.717) is 5.69 Å². The Morgan fingerprint density at radius 3 is 2.07 bits per heavy atom. The standard InChI is InChI=1S/C16H12N3O7S2/c17-12-8-11(27(21,22)23)6-9-7-13(28(24,25)26)15(16(20)14(9)12)19-18-10-4-2-1-3-5-10/h1-8,17,20H,(H,21,22,23)(H,24,25,26)/b19-18+. The maximum atomic E-state index is 11.8. The van der Waals surface area contributed by atoms with Crippen LogP contribution in [-0.2, 0) is 20.2 Å². The fraction of sp³-hybridized carbons (Fsp3) is 0. The average Bonchev–Trinajstić information content (AvgIpc) is 2.59. The van der Waals surface area contributed by atoms with Crippen LogP contribution in [0.1, 0.15) is 0 Å². The number of nitrogens with one attached hydrogen (secondary N) is 1. The Balaban J connectivity index is 2.36. The Bertz CT molecular complexity index is 1320. The fourth-order valence-corrected chi connectivity index (χ4v) is 3.70. The van der Waals surface area contributed by atoms with E-state index >= 15 is 0 Å². The molecule has 0 saturated heterocycles. The van der Waals surface area contributed by atoms with Crippen LogP contribution in [0.25, 0.3) is 10.8 Å². The minimum atomic E-state index is -4.90. The monoisotopic (exact) mass is 422 g/mol. The number of azo groups is 1. The van der Waals surface area contributed by atoms with Crippen molar-refractivity contribution in [1.29, 1.82) is 0 Å². The first-order chi connectivity index (χ1) is 13.0. The van der Waals surface area contributed by atoms with Gasteiger partial charge in [-0.2, -0.15) is 21.9 Å². The Morgan fingerprint density at radius 2 is 1.50 bits per heavy atom. The Kier molecular flexibility index (Phi) is 4.81. The van der Waals surface area contributed by atoms with Gasteiger partial charge in [0.15, 0.2) is 5.75 Å². The topological polar surface area (TPSA) is 177 Å². The highest BCUT2D eigenvalue weighted by Gasteiger charge is 2.24. The molecule has 0 atom stereocenters. The van der Waals surface area contributed by atoms with Gasteiger partial charge in [0, 0.05) is 0 Å². The number of phenols is 1. The molecule has 0 aliphatic carbocycles. The number of hydrogen-bond acceptors (Lipinski definition) is 7. The maximum Gasteiger partial charge on any atom is 0.296 e. The molecule has 3 aromatic rings. The van der Waals surface area contributed by atoms with Gasteiger partial charge in [-0.15, -0.1) is 5.11 Å². The van der Waals surface area contributed by atoms with Gasteiger partial charge >= 0.3 is 0 Å². The largest absolute Gasteiger partial charge is 0.505 e. The summed E-state index contributed by atoms with van der Waals surface area (Å²) in [6.45, 7) is 0. The van der Waals surface area contributed by atoms with Gasteiger partial charge in [-0.05, 0) is 35.7 Å². The van der Waals surface area contributed by atoms with Gasteiger partial charge in [0.05, 0.1) is 21.7 Å². The molecule has 0 aliphatic heterocycles. The van der Waals surface area contributed by atoms with E-state index in [-0.39, 0.29) is 10.8 Å². The van der Waals surface area contributed by atoms with Crippen molar-refractivity contribution in [2.45, 2.75) is 9.79 Å². The second-order valence-corrected chi connectivity index (χ2v) is 8.44. The zero-order chi connectivity index (χ0) is 20.7. The third kappa shape index (κ3) is 3.80. The molecule has 0 unspecified atom stereocenters. The highest BCUT2D eigenvalue weighted by atomic mass is 32.2. The summed E-state index contributed by atoms with van der Waals surface area (Å²) in [5.74, 6) is -0.795. The molecule has 145 valence electrons. The highest BCUT2D eigenvalue weighted by Crippen LogP contribution is 2.44. The lowest BCUT2D eigenvalue weighted by Gasteiger charge is -2.11. The zero-order valence-electron chi connectivity index (χ0n) is 13.8. The van der Waals surface area contributed by atoms with Crippen molar-refractivity contribution in [3.05, 3.63) is 48.5 Å². The van der Waals surface area contributed by atoms with Gasteiger partial charge in [0.25, 0.3) is 20.2 Å². The van der Waals surface area contributed by atoms with E-state index in [0.717, 1.165) is 18.2 Å². The van der Waals surface area contributed by atoms with Gasteiger partial charge < -0.3 is 10.8 Å². The lowest BCUT2D eigenvalue weighted by atomic mass is 10.1. The Morgan fingerprint density at radius 1 is 0.857 bits per heavy atom. The van der Waals surface area contributed by atoms with Crippen LogP contribution in [0.4, 0.5) is 17.1 Å². The van der Waals surface area contributed by atoms with Crippen molar-refractivity contribution in [2.75, 3.05) is 0 Å². The van der Waals surface area contributed by atoms with E-state index in [1.54, 1.807) is 30.3 Å². The molecule has 0 fully saturated rings. The predicted molar refractivity (Wildman–Crippen MR) is 98.6 cm³/mol. The van der Waals surface area contributed by atoms with Crippen LogP contribution in [0, 0.1) is 0 Å². The van der Waals surface area contributed by atoms with Gasteiger partial charge in [-0.25, -0.2) is 0 Å². The summed E-state index contributed by atoms with van der Waals surface area (Å²) in [7, 11) is -9.59. The van der Waals surface area contributed by atoms with Crippen LogP contribution in [-0.4, -0.2) is 31.0 Å². The van der Waals surface area contributed by atoms with Crippen LogP contribution in [0.5, 0.6) is 5.75 Å². The SMILES string of the molecule is [NH]c1cc(S(=O)(=O)O)cc2cc(S(=O)(=O)O)c(/N=N/c3ccccc3)c(O)c12. The van der Waals surface area contributed by atoms with Crippen LogP contribution >= 0.6 is 0 Å². The van der Waals surface area contributed by atoms with Crippen LogP contribution in [0.2, 0.25) is 0 Å². The van der Waals surface area contributed by atoms with Crippen LogP contribution in [0.3, 0.4) is 0 Å². The third-order valence-corrected chi connectivity index (χ3v) is 5.42. The molecule has 28 heavy (non-hydrogen) atoms. The molecular formula is C16H12N3O7S2. The lowest BCUT2D eigenvalue weighted by Crippen LogP contribution is -2.01. The molecule has 12 heteroatoms. The Hall–Kier alpha value is -3.06. The van der Waals surface area contributed by atoms with E-state index in [9.17, 15) is 26.5 Å². The number of aromatic hydroxyl groups is 1. The summed E-state index contributed by atoms with van der Waals surface area (Å²) < 4.78 is 64.8. The van der Waals surface area contributed by atoms with Crippen molar-refractivity contribution in [2.24, 2.45) is 10.2 Å². The van der Waals surface area contributed by atoms with E-state index in [1.807, 2.05) is 0 Å². The average molecular weight is 422 g/mol. The van der Waals surface area contributed by atoms with Crippen molar-refractivity contribution in [3.63, 3.8) is 0 Å². The molecule has 0 spiro atoms. The molecule has 0 amide bonds. The number of fused-ring (bicyclic) bond motifs is 1. The van der Waals surface area contributed by atoms with Crippen molar-refractivity contribution in [1.82, 2.24) is 5.73 Å². The summed E-state index contributed by atoms with van der Waals surface area (Å²) in [5.41, 5.74) is 7.12. The molecular weight excluding hydrogens is 410 g/mol. The molecule has 0 aliphatic rings. The number of nitrogens with zero attached hydrogens (tertiary/aromatic N) is 2. The minimum absolute atomic E-state index is 0.219. The van der Waals surface area contributed by atoms with Crippen LogP contribution in [0.15, 0.2) is 68.6 Å². The van der Waals surface area contributed by atoms with Crippen molar-refractivity contribution in [3.8, 4) is 5.75 Å². The van der Waals surface area contributed by atoms with Gasteiger partial charge in [0.2, 0.25) is 0 Å². The summed E-state index contributed by atoms with van der Waals surface area (Å²) >= 11 is 0. The quantitative estimate of drug-likeness (QED) is 0.426. The summed E-state index contributed by atoms with van der Waals surface area (Å²) in [6, 6.07) is 10.6. The zero-order valence-corrected chi connectivity index (χ0v) is 15.4. The first kappa shape index (κ1) is 19.7. The molecule has 4 N–H and O–H groups in total. The number of hydrogen-bond donors (Lipinski definition) is 3. The molecule has 10 nitrogen and oxygen atoms in total. The normalized spacial score (nSPS) is 12.6. The minimum Gasteiger partial charge on any atom is -0.505 e. The van der Waals surface area contributed by atoms with E-state index < -0.39 is 47.2 Å². The van der Waals surface area contributed by atoms with E-state index in [2.05, 4.69) is 10.2 Å². The first-order valence-electron chi connectivity index (χ1n) is 7.45. The van der Waals surface area contributed by atoms with E-state index in [1.165, 1.54) is 0 Å². The predicted octanol–water partition coefficient (Wildman–Crippen LogP) is 3.37. The molecule has 0 aromatic heterocycles. The number of benzene rings is 3. The first-order valence-corrected chi connectivity index (χ1v) is 10.3. The Labute approximate surface area is 159 Å². The van der Waals surface area contributed by atoms with Gasteiger partial charge in [-0.3, -0.25) is 9.11 Å². The highest BCUT2D eigenvalue weighted by molar-refractivity contribution is 7.86. The molecule has 0 saturated carbocycles. The summed E-state index contributed by atoms with van der Waals surface area (Å²) in [5, 5.41) is 17.5. The second kappa shape index (κ2) is 6.83. The van der Waals surface area contributed by atoms with E-state index in [4.69, 9.17) is 10.3 Å². The smallest absolute Gasteiger partial charge is 0.296 e.